The maximum Gasteiger partial charge on any atom is 0.0610 e. The third kappa shape index (κ3) is 3.04. The third-order valence-electron chi connectivity index (χ3n) is 3.17. The van der Waals surface area contributed by atoms with Crippen LogP contribution in [0.2, 0.25) is 0 Å². The quantitative estimate of drug-likeness (QED) is 0.790. The van der Waals surface area contributed by atoms with Gasteiger partial charge in [-0.2, -0.15) is 0 Å². The second-order valence-electron chi connectivity index (χ2n) is 4.80. The van der Waals surface area contributed by atoms with Gasteiger partial charge in [-0.25, -0.2) is 0 Å². The summed E-state index contributed by atoms with van der Waals surface area (Å²) in [6.45, 7) is 5.56. The van der Waals surface area contributed by atoms with E-state index in [2.05, 4.69) is 17.0 Å². The SMILES string of the molecule is CN(Cc1ccccc1CN)C(C)(C)CO. The monoisotopic (exact) mass is 222 g/mol. The molecule has 0 saturated carbocycles. The molecule has 1 rings (SSSR count). The van der Waals surface area contributed by atoms with Crippen LogP contribution in [0.25, 0.3) is 0 Å². The highest BCUT2D eigenvalue weighted by Crippen LogP contribution is 2.17. The predicted molar refractivity (Wildman–Crippen MR) is 67.0 cm³/mol. The maximum atomic E-state index is 9.30. The van der Waals surface area contributed by atoms with Gasteiger partial charge in [-0.05, 0) is 32.0 Å². The van der Waals surface area contributed by atoms with Crippen molar-refractivity contribution >= 4 is 0 Å². The Morgan fingerprint density at radius 3 is 2.31 bits per heavy atom. The van der Waals surface area contributed by atoms with Crippen molar-refractivity contribution in [3.05, 3.63) is 35.4 Å². The van der Waals surface area contributed by atoms with Gasteiger partial charge in [0, 0.05) is 18.6 Å². The van der Waals surface area contributed by atoms with Gasteiger partial charge >= 0.3 is 0 Å². The highest BCUT2D eigenvalue weighted by molar-refractivity contribution is 5.26. The molecular weight excluding hydrogens is 200 g/mol. The zero-order valence-corrected chi connectivity index (χ0v) is 10.4. The van der Waals surface area contributed by atoms with Gasteiger partial charge in [0.25, 0.3) is 0 Å². The second-order valence-corrected chi connectivity index (χ2v) is 4.80. The summed E-state index contributed by atoms with van der Waals surface area (Å²) >= 11 is 0. The molecule has 0 bridgehead atoms. The van der Waals surface area contributed by atoms with E-state index in [1.807, 2.05) is 33.0 Å². The van der Waals surface area contributed by atoms with Crippen molar-refractivity contribution in [3.63, 3.8) is 0 Å². The minimum atomic E-state index is -0.207. The van der Waals surface area contributed by atoms with Crippen LogP contribution in [0.1, 0.15) is 25.0 Å². The van der Waals surface area contributed by atoms with Crippen LogP contribution in [-0.2, 0) is 13.1 Å². The smallest absolute Gasteiger partial charge is 0.0610 e. The largest absolute Gasteiger partial charge is 0.394 e. The van der Waals surface area contributed by atoms with E-state index < -0.39 is 0 Å². The molecule has 0 amide bonds. The minimum Gasteiger partial charge on any atom is -0.394 e. The van der Waals surface area contributed by atoms with Gasteiger partial charge in [-0.15, -0.1) is 0 Å². The topological polar surface area (TPSA) is 49.5 Å². The number of nitrogens with two attached hydrogens (primary N) is 1. The Hall–Kier alpha value is -0.900. The summed E-state index contributed by atoms with van der Waals surface area (Å²) < 4.78 is 0. The van der Waals surface area contributed by atoms with Gasteiger partial charge < -0.3 is 10.8 Å². The molecule has 0 aliphatic heterocycles. The summed E-state index contributed by atoms with van der Waals surface area (Å²) in [7, 11) is 2.02. The molecule has 0 radical (unpaired) electrons. The summed E-state index contributed by atoms with van der Waals surface area (Å²) in [6, 6.07) is 8.17. The summed E-state index contributed by atoms with van der Waals surface area (Å²) in [6.07, 6.45) is 0. The van der Waals surface area contributed by atoms with Crippen molar-refractivity contribution in [3.8, 4) is 0 Å². The molecule has 3 nitrogen and oxygen atoms in total. The average molecular weight is 222 g/mol. The summed E-state index contributed by atoms with van der Waals surface area (Å²) in [5.41, 5.74) is 7.89. The standard InChI is InChI=1S/C13H22N2O/c1-13(2,10-16)15(3)9-12-7-5-4-6-11(12)8-14/h4-7,16H,8-10,14H2,1-3H3. The van der Waals surface area contributed by atoms with Crippen molar-refractivity contribution in [2.24, 2.45) is 5.73 Å². The van der Waals surface area contributed by atoms with Crippen molar-refractivity contribution in [1.29, 1.82) is 0 Å². The Kier molecular flexibility index (Phi) is 4.47. The molecule has 0 fully saturated rings. The first-order valence-corrected chi connectivity index (χ1v) is 5.60. The fourth-order valence-electron chi connectivity index (χ4n) is 1.50. The Labute approximate surface area is 97.9 Å². The highest BCUT2D eigenvalue weighted by atomic mass is 16.3. The number of hydrogen-bond donors (Lipinski definition) is 2. The lowest BCUT2D eigenvalue weighted by Gasteiger charge is -2.34. The fourth-order valence-corrected chi connectivity index (χ4v) is 1.50. The van der Waals surface area contributed by atoms with Crippen molar-refractivity contribution < 1.29 is 5.11 Å². The molecule has 0 unspecified atom stereocenters. The molecule has 1 aromatic carbocycles. The molecule has 0 saturated heterocycles. The zero-order valence-electron chi connectivity index (χ0n) is 10.4. The van der Waals surface area contributed by atoms with Crippen LogP contribution in [-0.4, -0.2) is 29.2 Å². The summed E-state index contributed by atoms with van der Waals surface area (Å²) in [5, 5.41) is 9.30. The molecule has 1 aromatic rings. The number of rotatable bonds is 5. The van der Waals surface area contributed by atoms with Crippen LogP contribution in [0.15, 0.2) is 24.3 Å². The van der Waals surface area contributed by atoms with E-state index in [0.29, 0.717) is 6.54 Å². The van der Waals surface area contributed by atoms with Crippen molar-refractivity contribution in [2.45, 2.75) is 32.5 Å². The van der Waals surface area contributed by atoms with Crippen LogP contribution in [0, 0.1) is 0 Å². The zero-order chi connectivity index (χ0) is 12.2. The maximum absolute atomic E-state index is 9.30. The second kappa shape index (κ2) is 5.43. The molecule has 90 valence electrons. The number of benzene rings is 1. The van der Waals surface area contributed by atoms with Crippen molar-refractivity contribution in [2.75, 3.05) is 13.7 Å². The molecule has 0 aromatic heterocycles. The molecule has 3 N–H and O–H groups in total. The summed E-state index contributed by atoms with van der Waals surface area (Å²) in [4.78, 5) is 2.14. The first-order valence-electron chi connectivity index (χ1n) is 5.60. The normalized spacial score (nSPS) is 12.1. The Bertz CT molecular complexity index is 336. The third-order valence-corrected chi connectivity index (χ3v) is 3.17. The number of nitrogens with zero attached hydrogens (tertiary/aromatic N) is 1. The van der Waals surface area contributed by atoms with E-state index in [0.717, 1.165) is 6.54 Å². The Morgan fingerprint density at radius 1 is 1.25 bits per heavy atom. The van der Waals surface area contributed by atoms with E-state index in [4.69, 9.17) is 5.73 Å². The lowest BCUT2D eigenvalue weighted by Crippen LogP contribution is -2.43. The fraction of sp³-hybridized carbons (Fsp3) is 0.538. The minimum absolute atomic E-state index is 0.147. The first-order chi connectivity index (χ1) is 7.51. The van der Waals surface area contributed by atoms with E-state index in [-0.39, 0.29) is 12.1 Å². The number of hydrogen-bond acceptors (Lipinski definition) is 3. The average Bonchev–Trinajstić information content (AvgIpc) is 2.29. The van der Waals surface area contributed by atoms with Crippen LogP contribution >= 0.6 is 0 Å². The molecule has 0 spiro atoms. The van der Waals surface area contributed by atoms with Gasteiger partial charge in [0.15, 0.2) is 0 Å². The first kappa shape index (κ1) is 13.2. The van der Waals surface area contributed by atoms with Gasteiger partial charge in [-0.3, -0.25) is 4.90 Å². The predicted octanol–water partition coefficient (Wildman–Crippen LogP) is 1.35. The molecule has 0 heterocycles. The van der Waals surface area contributed by atoms with Gasteiger partial charge in [0.1, 0.15) is 0 Å². The van der Waals surface area contributed by atoms with E-state index in [9.17, 15) is 5.11 Å². The lowest BCUT2D eigenvalue weighted by atomic mass is 10.0. The molecule has 0 aliphatic carbocycles. The van der Waals surface area contributed by atoms with Crippen LogP contribution < -0.4 is 5.73 Å². The van der Waals surface area contributed by atoms with Crippen molar-refractivity contribution in [1.82, 2.24) is 4.90 Å². The van der Waals surface area contributed by atoms with Crippen LogP contribution in [0.4, 0.5) is 0 Å². The van der Waals surface area contributed by atoms with E-state index in [1.54, 1.807) is 0 Å². The summed E-state index contributed by atoms with van der Waals surface area (Å²) in [5.74, 6) is 0. The van der Waals surface area contributed by atoms with Crippen LogP contribution in [0.5, 0.6) is 0 Å². The van der Waals surface area contributed by atoms with E-state index in [1.165, 1.54) is 11.1 Å². The molecule has 16 heavy (non-hydrogen) atoms. The molecular formula is C13H22N2O. The lowest BCUT2D eigenvalue weighted by molar-refractivity contribution is 0.0732. The van der Waals surface area contributed by atoms with E-state index >= 15 is 0 Å². The Balaban J connectivity index is 2.80. The Morgan fingerprint density at radius 2 is 1.81 bits per heavy atom. The molecule has 0 atom stereocenters. The van der Waals surface area contributed by atoms with Gasteiger partial charge in [-0.1, -0.05) is 24.3 Å². The number of aliphatic hydroxyl groups is 1. The molecule has 0 aliphatic rings. The molecule has 3 heteroatoms. The van der Waals surface area contributed by atoms with Crippen LogP contribution in [0.3, 0.4) is 0 Å². The number of aliphatic hydroxyl groups excluding tert-OH is 1. The van der Waals surface area contributed by atoms with Gasteiger partial charge in [0.2, 0.25) is 0 Å². The number of likely N-dealkylation sites (N-methyl/N-ethyl adjacent to an activating group) is 1. The van der Waals surface area contributed by atoms with Gasteiger partial charge in [0.05, 0.1) is 6.61 Å². The highest BCUT2D eigenvalue weighted by Gasteiger charge is 2.22.